The lowest BCUT2D eigenvalue weighted by Gasteiger charge is -2.05. The molecule has 0 unspecified atom stereocenters. The summed E-state index contributed by atoms with van der Waals surface area (Å²) in [4.78, 5) is 4.03. The quantitative estimate of drug-likeness (QED) is 0.566. The van der Waals surface area contributed by atoms with E-state index in [1.807, 2.05) is 12.4 Å². The maximum Gasteiger partial charge on any atom is 0.0270 e. The largest absolute Gasteiger partial charge is 0.316 e. The monoisotopic (exact) mass is 262 g/mol. The first-order valence-corrected chi connectivity index (χ1v) is 8.03. The van der Waals surface area contributed by atoms with Gasteiger partial charge in [-0.25, -0.2) is 0 Å². The molecule has 0 fully saturated rings. The van der Waals surface area contributed by atoms with Gasteiger partial charge in [0.05, 0.1) is 0 Å². The molecule has 1 N–H and O–H groups in total. The van der Waals surface area contributed by atoms with Gasteiger partial charge in [-0.3, -0.25) is 4.98 Å². The number of unbranched alkanes of at least 4 members (excludes halogenated alkanes) is 7. The lowest BCUT2D eigenvalue weighted by atomic mass is 10.1. The van der Waals surface area contributed by atoms with E-state index in [1.54, 1.807) is 0 Å². The van der Waals surface area contributed by atoms with E-state index in [1.165, 1.54) is 63.5 Å². The van der Waals surface area contributed by atoms with Gasteiger partial charge in [0, 0.05) is 12.4 Å². The van der Waals surface area contributed by atoms with Crippen molar-refractivity contribution in [2.24, 2.45) is 0 Å². The van der Waals surface area contributed by atoms with Crippen LogP contribution in [0.5, 0.6) is 0 Å². The van der Waals surface area contributed by atoms with Crippen LogP contribution in [0.3, 0.4) is 0 Å². The standard InChI is InChI=1S/C17H30N2/c1-2-3-4-5-6-7-8-9-13-18-14-10-17-11-15-19-16-12-17/h11-12,15-16,18H,2-10,13-14H2,1H3. The molecule has 0 bridgehead atoms. The summed E-state index contributed by atoms with van der Waals surface area (Å²) in [6, 6.07) is 4.19. The van der Waals surface area contributed by atoms with E-state index in [9.17, 15) is 0 Å². The SMILES string of the molecule is CCCCCCCCCCNCCc1ccncc1. The molecule has 0 aromatic carbocycles. The highest BCUT2D eigenvalue weighted by molar-refractivity contribution is 5.09. The second-order valence-electron chi connectivity index (χ2n) is 5.33. The van der Waals surface area contributed by atoms with Gasteiger partial charge in [0.2, 0.25) is 0 Å². The van der Waals surface area contributed by atoms with E-state index in [0.717, 1.165) is 13.0 Å². The Bertz CT molecular complexity index is 285. The lowest BCUT2D eigenvalue weighted by Crippen LogP contribution is -2.18. The Morgan fingerprint density at radius 3 is 2.16 bits per heavy atom. The number of nitrogens with one attached hydrogen (secondary N) is 1. The van der Waals surface area contributed by atoms with E-state index < -0.39 is 0 Å². The highest BCUT2D eigenvalue weighted by Crippen LogP contribution is 2.07. The number of hydrogen-bond donors (Lipinski definition) is 1. The molecule has 108 valence electrons. The molecule has 0 aliphatic rings. The van der Waals surface area contributed by atoms with Crippen LogP contribution in [0.15, 0.2) is 24.5 Å². The summed E-state index contributed by atoms with van der Waals surface area (Å²) in [6.45, 7) is 4.53. The Balaban J connectivity index is 1.79. The first-order valence-electron chi connectivity index (χ1n) is 8.03. The smallest absolute Gasteiger partial charge is 0.0270 e. The average molecular weight is 262 g/mol. The van der Waals surface area contributed by atoms with Crippen molar-refractivity contribution in [3.63, 3.8) is 0 Å². The van der Waals surface area contributed by atoms with Gasteiger partial charge in [-0.1, -0.05) is 51.9 Å². The molecule has 2 heteroatoms. The first kappa shape index (κ1) is 16.2. The fourth-order valence-corrected chi connectivity index (χ4v) is 2.29. The highest BCUT2D eigenvalue weighted by atomic mass is 14.8. The normalized spacial score (nSPS) is 10.8. The molecule has 0 saturated carbocycles. The Labute approximate surface area is 119 Å². The van der Waals surface area contributed by atoms with Crippen LogP contribution < -0.4 is 5.32 Å². The minimum Gasteiger partial charge on any atom is -0.316 e. The topological polar surface area (TPSA) is 24.9 Å². The summed E-state index contributed by atoms with van der Waals surface area (Å²) in [5.74, 6) is 0. The van der Waals surface area contributed by atoms with E-state index in [4.69, 9.17) is 0 Å². The van der Waals surface area contributed by atoms with Gasteiger partial charge in [-0.2, -0.15) is 0 Å². The van der Waals surface area contributed by atoms with Crippen molar-refractivity contribution < 1.29 is 0 Å². The van der Waals surface area contributed by atoms with Gasteiger partial charge in [-0.05, 0) is 43.6 Å². The lowest BCUT2D eigenvalue weighted by molar-refractivity contribution is 0.556. The van der Waals surface area contributed by atoms with Gasteiger partial charge < -0.3 is 5.32 Å². The summed E-state index contributed by atoms with van der Waals surface area (Å²) >= 11 is 0. The Kier molecular flexibility index (Phi) is 10.3. The molecule has 0 spiro atoms. The van der Waals surface area contributed by atoms with Crippen molar-refractivity contribution in [2.45, 2.75) is 64.7 Å². The van der Waals surface area contributed by atoms with Crippen LogP contribution in [-0.2, 0) is 6.42 Å². The molecule has 0 amide bonds. The van der Waals surface area contributed by atoms with Crippen LogP contribution in [0, 0.1) is 0 Å². The molecule has 1 rings (SSSR count). The van der Waals surface area contributed by atoms with Crippen molar-refractivity contribution in [1.29, 1.82) is 0 Å². The zero-order valence-electron chi connectivity index (χ0n) is 12.5. The molecule has 0 aliphatic carbocycles. The third kappa shape index (κ3) is 9.66. The number of nitrogens with zero attached hydrogens (tertiary/aromatic N) is 1. The molecule has 1 aromatic heterocycles. The zero-order chi connectivity index (χ0) is 13.6. The number of pyridine rings is 1. The van der Waals surface area contributed by atoms with Gasteiger partial charge in [0.15, 0.2) is 0 Å². The van der Waals surface area contributed by atoms with Crippen LogP contribution in [0.4, 0.5) is 0 Å². The number of hydrogen-bond acceptors (Lipinski definition) is 2. The third-order valence-electron chi connectivity index (χ3n) is 3.55. The summed E-state index contributed by atoms with van der Waals surface area (Å²) in [5.41, 5.74) is 1.37. The second kappa shape index (κ2) is 12.2. The average Bonchev–Trinajstić information content (AvgIpc) is 2.46. The maximum atomic E-state index is 4.03. The molecular weight excluding hydrogens is 232 g/mol. The van der Waals surface area contributed by atoms with Gasteiger partial charge in [-0.15, -0.1) is 0 Å². The van der Waals surface area contributed by atoms with Crippen LogP contribution in [0.1, 0.15) is 63.9 Å². The van der Waals surface area contributed by atoms with Crippen LogP contribution in [0.25, 0.3) is 0 Å². The summed E-state index contributed by atoms with van der Waals surface area (Å²) in [5, 5.41) is 3.52. The fraction of sp³-hybridized carbons (Fsp3) is 0.706. The third-order valence-corrected chi connectivity index (χ3v) is 3.55. The molecule has 0 atom stereocenters. The van der Waals surface area contributed by atoms with E-state index >= 15 is 0 Å². The maximum absolute atomic E-state index is 4.03. The molecule has 2 nitrogen and oxygen atoms in total. The van der Waals surface area contributed by atoms with Gasteiger partial charge in [0.1, 0.15) is 0 Å². The van der Waals surface area contributed by atoms with Crippen LogP contribution >= 0.6 is 0 Å². The number of aromatic nitrogens is 1. The van der Waals surface area contributed by atoms with Crippen LogP contribution in [-0.4, -0.2) is 18.1 Å². The molecule has 0 radical (unpaired) electrons. The summed E-state index contributed by atoms with van der Waals surface area (Å²) in [7, 11) is 0. The summed E-state index contributed by atoms with van der Waals surface area (Å²) in [6.07, 6.45) is 16.0. The molecule has 1 heterocycles. The molecular formula is C17H30N2. The van der Waals surface area contributed by atoms with Crippen molar-refractivity contribution in [1.82, 2.24) is 10.3 Å². The predicted molar refractivity (Wildman–Crippen MR) is 83.4 cm³/mol. The van der Waals surface area contributed by atoms with Crippen molar-refractivity contribution in [3.05, 3.63) is 30.1 Å². The van der Waals surface area contributed by atoms with Crippen molar-refractivity contribution in [2.75, 3.05) is 13.1 Å². The van der Waals surface area contributed by atoms with Crippen molar-refractivity contribution in [3.8, 4) is 0 Å². The van der Waals surface area contributed by atoms with Gasteiger partial charge >= 0.3 is 0 Å². The minimum atomic E-state index is 1.08. The van der Waals surface area contributed by atoms with Crippen LogP contribution in [0.2, 0.25) is 0 Å². The Hall–Kier alpha value is -0.890. The zero-order valence-corrected chi connectivity index (χ0v) is 12.5. The Morgan fingerprint density at radius 2 is 1.47 bits per heavy atom. The fourth-order valence-electron chi connectivity index (χ4n) is 2.29. The molecule has 0 aliphatic heterocycles. The predicted octanol–water partition coefficient (Wildman–Crippen LogP) is 4.35. The molecule has 19 heavy (non-hydrogen) atoms. The van der Waals surface area contributed by atoms with E-state index in [-0.39, 0.29) is 0 Å². The Morgan fingerprint density at radius 1 is 0.842 bits per heavy atom. The molecule has 1 aromatic rings. The highest BCUT2D eigenvalue weighted by Gasteiger charge is 1.93. The summed E-state index contributed by atoms with van der Waals surface area (Å²) < 4.78 is 0. The first-order chi connectivity index (χ1) is 9.43. The van der Waals surface area contributed by atoms with Gasteiger partial charge in [0.25, 0.3) is 0 Å². The van der Waals surface area contributed by atoms with Crippen molar-refractivity contribution >= 4 is 0 Å². The minimum absolute atomic E-state index is 1.08. The van der Waals surface area contributed by atoms with E-state index in [2.05, 4.69) is 29.4 Å². The second-order valence-corrected chi connectivity index (χ2v) is 5.33. The number of rotatable bonds is 12. The molecule has 0 saturated heterocycles. The van der Waals surface area contributed by atoms with E-state index in [0.29, 0.717) is 0 Å².